The molecule has 9 heteroatoms. The Bertz CT molecular complexity index is 1550. The number of ether oxygens (including phenoxy) is 4. The van der Waals surface area contributed by atoms with Gasteiger partial charge in [-0.25, -0.2) is 4.79 Å². The van der Waals surface area contributed by atoms with E-state index in [-0.39, 0.29) is 32.7 Å². The third-order valence-electron chi connectivity index (χ3n) is 12.8. The molecule has 75 heavy (non-hydrogen) atoms. The van der Waals surface area contributed by atoms with Crippen molar-refractivity contribution in [2.45, 2.75) is 257 Å². The van der Waals surface area contributed by atoms with Crippen molar-refractivity contribution >= 4 is 17.9 Å². The summed E-state index contributed by atoms with van der Waals surface area (Å²) in [5.41, 5.74) is 0. The van der Waals surface area contributed by atoms with Gasteiger partial charge in [0.25, 0.3) is 6.29 Å². The van der Waals surface area contributed by atoms with E-state index in [0.29, 0.717) is 23.9 Å². The molecule has 2 atom stereocenters. The Labute approximate surface area is 461 Å². The number of nitrogens with zero attached hydrogens (tertiary/aromatic N) is 1. The molecule has 0 rings (SSSR count). The van der Waals surface area contributed by atoms with Crippen LogP contribution in [0, 0.1) is 0 Å². The Balaban J connectivity index is 4.02. The van der Waals surface area contributed by atoms with Gasteiger partial charge in [0, 0.05) is 12.8 Å². The molecule has 0 aliphatic rings. The van der Waals surface area contributed by atoms with Gasteiger partial charge < -0.3 is 28.5 Å². The number of hydrogen-bond acceptors (Lipinski definition) is 7. The number of aliphatic carboxylic acids is 1. The van der Waals surface area contributed by atoms with E-state index in [9.17, 15) is 19.5 Å². The molecule has 2 unspecified atom stereocenters. The van der Waals surface area contributed by atoms with Crippen LogP contribution in [0.5, 0.6) is 0 Å². The molecule has 0 aromatic rings. The highest BCUT2D eigenvalue weighted by atomic mass is 16.7. The summed E-state index contributed by atoms with van der Waals surface area (Å²) < 4.78 is 22.7. The average molecular weight is 1050 g/mol. The van der Waals surface area contributed by atoms with Gasteiger partial charge >= 0.3 is 17.9 Å². The molecule has 0 bridgehead atoms. The first-order chi connectivity index (χ1) is 36.6. The van der Waals surface area contributed by atoms with Crippen molar-refractivity contribution in [3.63, 3.8) is 0 Å². The molecule has 0 aliphatic carbocycles. The molecule has 0 aromatic carbocycles. The molecule has 0 saturated heterocycles. The van der Waals surface area contributed by atoms with Crippen LogP contribution in [-0.4, -0.2) is 87.4 Å². The van der Waals surface area contributed by atoms with Crippen LogP contribution in [0.1, 0.15) is 245 Å². The molecule has 0 radical (unpaired) electrons. The van der Waals surface area contributed by atoms with Crippen molar-refractivity contribution in [2.75, 3.05) is 47.5 Å². The van der Waals surface area contributed by atoms with E-state index in [0.717, 1.165) is 64.2 Å². The van der Waals surface area contributed by atoms with Gasteiger partial charge in [0.1, 0.15) is 13.2 Å². The Morgan fingerprint density at radius 1 is 0.400 bits per heavy atom. The number of unbranched alkanes of at least 4 members (excludes halogenated alkanes) is 24. The molecule has 0 saturated carbocycles. The van der Waals surface area contributed by atoms with Crippen molar-refractivity contribution in [2.24, 2.45) is 0 Å². The maximum absolute atomic E-state index is 12.9. The van der Waals surface area contributed by atoms with E-state index in [1.807, 2.05) is 33.3 Å². The molecule has 430 valence electrons. The summed E-state index contributed by atoms with van der Waals surface area (Å²) in [7, 11) is 5.94. The normalized spacial score (nSPS) is 13.5. The number of allylic oxidation sites excluding steroid dienone is 16. The fourth-order valence-electron chi connectivity index (χ4n) is 8.25. The Morgan fingerprint density at radius 3 is 1.12 bits per heavy atom. The second-order valence-electron chi connectivity index (χ2n) is 21.2. The Morgan fingerprint density at radius 2 is 0.747 bits per heavy atom. The summed E-state index contributed by atoms with van der Waals surface area (Å²) in [6.07, 6.45) is 74.1. The lowest BCUT2D eigenvalue weighted by molar-refractivity contribution is -0.870. The van der Waals surface area contributed by atoms with Crippen LogP contribution in [0.15, 0.2) is 97.2 Å². The fraction of sp³-hybridized carbons (Fsp3) is 0.712. The van der Waals surface area contributed by atoms with Crippen LogP contribution in [-0.2, 0) is 33.3 Å². The van der Waals surface area contributed by atoms with E-state index in [2.05, 4.69) is 98.9 Å². The van der Waals surface area contributed by atoms with E-state index in [4.69, 9.17) is 18.9 Å². The zero-order valence-electron chi connectivity index (χ0n) is 48.9. The molecular formula is C66H114NO8+. The van der Waals surface area contributed by atoms with E-state index in [1.54, 1.807) is 0 Å². The first-order valence-corrected chi connectivity index (χ1v) is 30.4. The molecule has 0 amide bonds. The van der Waals surface area contributed by atoms with E-state index in [1.165, 1.54) is 141 Å². The fourth-order valence-corrected chi connectivity index (χ4v) is 8.25. The zero-order valence-corrected chi connectivity index (χ0v) is 48.9. The molecule has 0 heterocycles. The number of rotatable bonds is 55. The maximum Gasteiger partial charge on any atom is 0.361 e. The summed E-state index contributed by atoms with van der Waals surface area (Å²) in [6, 6.07) is 0. The molecule has 0 fully saturated rings. The van der Waals surface area contributed by atoms with Crippen LogP contribution < -0.4 is 0 Å². The van der Waals surface area contributed by atoms with E-state index < -0.39 is 30.3 Å². The van der Waals surface area contributed by atoms with Gasteiger partial charge in [-0.15, -0.1) is 0 Å². The molecule has 0 spiro atoms. The number of carbonyl (C=O) groups is 3. The minimum absolute atomic E-state index is 0.175. The quantitative estimate of drug-likeness (QED) is 0.0211. The predicted octanol–water partition coefficient (Wildman–Crippen LogP) is 18.1. The number of carboxylic acid groups (broad SMARTS) is 1. The van der Waals surface area contributed by atoms with Crippen LogP contribution in [0.25, 0.3) is 0 Å². The maximum atomic E-state index is 12.9. The van der Waals surface area contributed by atoms with Gasteiger partial charge in [-0.3, -0.25) is 9.59 Å². The highest BCUT2D eigenvalue weighted by molar-refractivity contribution is 5.71. The van der Waals surface area contributed by atoms with Gasteiger partial charge in [-0.05, 0) is 77.0 Å². The molecular weight excluding hydrogens is 935 g/mol. The SMILES string of the molecule is CC/C=C\C/C=C\C/C=C\C/C=C\CCCCCCCCCCCCCCCCCCCCCCCCCCC(=O)OC(COC(=O)CC/C=C\C/C=C\C/C=C\C/C=C\CC)COC(OCC[N+](C)(C)C)C(=O)O. The number of quaternary nitrogens is 1. The van der Waals surface area contributed by atoms with Crippen molar-refractivity contribution in [1.82, 2.24) is 0 Å². The smallest absolute Gasteiger partial charge is 0.361 e. The molecule has 9 nitrogen and oxygen atoms in total. The summed E-state index contributed by atoms with van der Waals surface area (Å²) in [5, 5.41) is 9.68. The van der Waals surface area contributed by atoms with Crippen LogP contribution in [0.3, 0.4) is 0 Å². The van der Waals surface area contributed by atoms with Gasteiger partial charge in [0.05, 0.1) is 34.4 Å². The number of esters is 2. The van der Waals surface area contributed by atoms with Crippen molar-refractivity contribution in [1.29, 1.82) is 0 Å². The third kappa shape index (κ3) is 57.7. The molecule has 0 aliphatic heterocycles. The highest BCUT2D eigenvalue weighted by Crippen LogP contribution is 2.17. The minimum Gasteiger partial charge on any atom is -0.477 e. The number of carboxylic acids is 1. The average Bonchev–Trinajstić information content (AvgIpc) is 3.38. The minimum atomic E-state index is -1.53. The summed E-state index contributed by atoms with van der Waals surface area (Å²) >= 11 is 0. The van der Waals surface area contributed by atoms with Crippen molar-refractivity contribution in [3.8, 4) is 0 Å². The first-order valence-electron chi connectivity index (χ1n) is 30.4. The summed E-state index contributed by atoms with van der Waals surface area (Å²) in [5.74, 6) is -2.11. The lowest BCUT2D eigenvalue weighted by Gasteiger charge is -2.25. The molecule has 0 aromatic heterocycles. The second kappa shape index (κ2) is 56.4. The predicted molar refractivity (Wildman–Crippen MR) is 318 cm³/mol. The Hall–Kier alpha value is -3.79. The number of hydrogen-bond donors (Lipinski definition) is 1. The topological polar surface area (TPSA) is 108 Å². The monoisotopic (exact) mass is 1050 g/mol. The summed E-state index contributed by atoms with van der Waals surface area (Å²) in [4.78, 5) is 37.3. The molecule has 1 N–H and O–H groups in total. The van der Waals surface area contributed by atoms with Crippen LogP contribution in [0.4, 0.5) is 0 Å². The zero-order chi connectivity index (χ0) is 54.8. The highest BCUT2D eigenvalue weighted by Gasteiger charge is 2.25. The van der Waals surface area contributed by atoms with Crippen molar-refractivity contribution < 1.29 is 42.9 Å². The second-order valence-corrected chi connectivity index (χ2v) is 21.2. The van der Waals surface area contributed by atoms with Crippen LogP contribution in [0.2, 0.25) is 0 Å². The summed E-state index contributed by atoms with van der Waals surface area (Å²) in [6.45, 7) is 4.57. The standard InChI is InChI=1S/C66H113NO8/c1-6-8-10-12-14-16-18-20-21-22-23-24-25-26-27-28-29-30-31-32-33-34-35-36-37-38-39-40-41-42-43-45-47-49-51-53-55-57-64(69)75-62(61-74-66(65(70)71)72-59-58-67(3,4)5)60-73-63(68)56-54-52-50-48-46-44-19-17-15-13-11-9-7-2/h8-11,14-17,20-21,23-24,44,46,50,52,62,66H,6-7,12-13,18-19,22,25-43,45,47-49,51,53-61H2,1-5H3/p+1/b10-8-,11-9-,16-14-,17-15-,21-20-,24-23-,46-44-,52-50-. The van der Waals surface area contributed by atoms with E-state index >= 15 is 0 Å². The van der Waals surface area contributed by atoms with Gasteiger partial charge in [0.15, 0.2) is 6.10 Å². The number of carbonyl (C=O) groups excluding carboxylic acids is 2. The van der Waals surface area contributed by atoms with Gasteiger partial charge in [-0.2, -0.15) is 0 Å². The van der Waals surface area contributed by atoms with Gasteiger partial charge in [0.2, 0.25) is 0 Å². The van der Waals surface area contributed by atoms with Crippen molar-refractivity contribution in [3.05, 3.63) is 97.2 Å². The largest absolute Gasteiger partial charge is 0.477 e. The van der Waals surface area contributed by atoms with Gasteiger partial charge in [-0.1, -0.05) is 252 Å². The van der Waals surface area contributed by atoms with Crippen LogP contribution >= 0.6 is 0 Å². The Kier molecular flexibility index (Phi) is 53.6. The number of likely N-dealkylation sites (N-methyl/N-ethyl adjacent to an activating group) is 1. The third-order valence-corrected chi connectivity index (χ3v) is 12.8. The lowest BCUT2D eigenvalue weighted by Crippen LogP contribution is -2.40. The first kappa shape index (κ1) is 71.2. The lowest BCUT2D eigenvalue weighted by atomic mass is 10.0.